The van der Waals surface area contributed by atoms with Crippen molar-refractivity contribution in [3.05, 3.63) is 0 Å². The fourth-order valence-electron chi connectivity index (χ4n) is 3.34. The van der Waals surface area contributed by atoms with Gasteiger partial charge in [-0.15, -0.1) is 0 Å². The van der Waals surface area contributed by atoms with Crippen molar-refractivity contribution in [3.63, 3.8) is 0 Å². The van der Waals surface area contributed by atoms with Gasteiger partial charge in [0.2, 0.25) is 0 Å². The quantitative estimate of drug-likeness (QED) is 0.777. The first-order valence-electron chi connectivity index (χ1n) is 7.41. The molecule has 0 aromatic carbocycles. The lowest BCUT2D eigenvalue weighted by Gasteiger charge is -2.53. The van der Waals surface area contributed by atoms with Crippen molar-refractivity contribution >= 4 is 0 Å². The number of ether oxygens (including phenoxy) is 1. The molecule has 0 aromatic heterocycles. The van der Waals surface area contributed by atoms with Crippen LogP contribution < -0.4 is 5.32 Å². The standard InChI is InChI=1S/C15H30N2O/c1-12-9-16-13(14(2,3)4)10-17(12)15(5)7-6-8-18-11-15/h12-13,16H,6-11H2,1-5H3. The zero-order valence-corrected chi connectivity index (χ0v) is 12.8. The highest BCUT2D eigenvalue weighted by Crippen LogP contribution is 2.32. The summed E-state index contributed by atoms with van der Waals surface area (Å²) in [5.41, 5.74) is 0.563. The fourth-order valence-corrected chi connectivity index (χ4v) is 3.34. The van der Waals surface area contributed by atoms with E-state index in [9.17, 15) is 0 Å². The van der Waals surface area contributed by atoms with E-state index in [2.05, 4.69) is 44.8 Å². The van der Waals surface area contributed by atoms with E-state index >= 15 is 0 Å². The molecule has 3 heteroatoms. The Morgan fingerprint density at radius 2 is 2.06 bits per heavy atom. The maximum Gasteiger partial charge on any atom is 0.0647 e. The Morgan fingerprint density at radius 1 is 1.33 bits per heavy atom. The molecular weight excluding hydrogens is 224 g/mol. The normalized spacial score (nSPS) is 39.8. The van der Waals surface area contributed by atoms with E-state index in [0.29, 0.717) is 17.5 Å². The van der Waals surface area contributed by atoms with Gasteiger partial charge in [-0.25, -0.2) is 0 Å². The summed E-state index contributed by atoms with van der Waals surface area (Å²) in [6.45, 7) is 15.8. The minimum Gasteiger partial charge on any atom is -0.380 e. The summed E-state index contributed by atoms with van der Waals surface area (Å²) in [5.74, 6) is 0. The molecule has 3 atom stereocenters. The van der Waals surface area contributed by atoms with Gasteiger partial charge >= 0.3 is 0 Å². The Labute approximate surface area is 112 Å². The zero-order valence-electron chi connectivity index (χ0n) is 12.8. The van der Waals surface area contributed by atoms with Crippen LogP contribution in [-0.2, 0) is 4.74 Å². The second-order valence-corrected chi connectivity index (χ2v) is 7.48. The Kier molecular flexibility index (Phi) is 4.05. The first-order valence-corrected chi connectivity index (χ1v) is 7.41. The molecule has 3 unspecified atom stereocenters. The molecule has 0 bridgehead atoms. The molecule has 106 valence electrons. The fraction of sp³-hybridized carbons (Fsp3) is 1.00. The highest BCUT2D eigenvalue weighted by atomic mass is 16.5. The smallest absolute Gasteiger partial charge is 0.0647 e. The maximum absolute atomic E-state index is 5.75. The summed E-state index contributed by atoms with van der Waals surface area (Å²) in [5, 5.41) is 3.71. The largest absolute Gasteiger partial charge is 0.380 e. The van der Waals surface area contributed by atoms with Crippen molar-refractivity contribution in [1.29, 1.82) is 0 Å². The van der Waals surface area contributed by atoms with E-state index in [1.165, 1.54) is 12.8 Å². The molecule has 2 aliphatic heterocycles. The molecule has 0 saturated carbocycles. The second kappa shape index (κ2) is 5.10. The number of rotatable bonds is 1. The summed E-state index contributed by atoms with van der Waals surface area (Å²) < 4.78 is 5.75. The van der Waals surface area contributed by atoms with Gasteiger partial charge in [0, 0.05) is 37.3 Å². The Morgan fingerprint density at radius 3 is 2.61 bits per heavy atom. The van der Waals surface area contributed by atoms with Crippen LogP contribution in [0, 0.1) is 5.41 Å². The number of hydrogen-bond donors (Lipinski definition) is 1. The van der Waals surface area contributed by atoms with Gasteiger partial charge < -0.3 is 10.1 Å². The molecule has 2 rings (SSSR count). The van der Waals surface area contributed by atoms with E-state index in [-0.39, 0.29) is 5.54 Å². The zero-order chi connectivity index (χ0) is 13.4. The number of piperazine rings is 1. The SMILES string of the molecule is CC1CNC(C(C)(C)C)CN1C1(C)CCCOC1. The minimum absolute atomic E-state index is 0.239. The molecule has 0 radical (unpaired) electrons. The van der Waals surface area contributed by atoms with E-state index in [1.54, 1.807) is 0 Å². The molecule has 0 aliphatic carbocycles. The minimum atomic E-state index is 0.239. The molecule has 2 fully saturated rings. The van der Waals surface area contributed by atoms with Gasteiger partial charge in [-0.1, -0.05) is 20.8 Å². The highest BCUT2D eigenvalue weighted by molar-refractivity contribution is 4.98. The van der Waals surface area contributed by atoms with Crippen LogP contribution in [0.1, 0.15) is 47.5 Å². The second-order valence-electron chi connectivity index (χ2n) is 7.48. The Balaban J connectivity index is 2.09. The molecule has 0 aromatic rings. The molecule has 18 heavy (non-hydrogen) atoms. The van der Waals surface area contributed by atoms with Gasteiger partial charge in [0.15, 0.2) is 0 Å². The van der Waals surface area contributed by atoms with Gasteiger partial charge in [0.05, 0.1) is 6.61 Å². The van der Waals surface area contributed by atoms with Crippen molar-refractivity contribution < 1.29 is 4.74 Å². The first-order chi connectivity index (χ1) is 8.33. The van der Waals surface area contributed by atoms with Crippen LogP contribution in [0.15, 0.2) is 0 Å². The van der Waals surface area contributed by atoms with E-state index in [4.69, 9.17) is 4.74 Å². The molecule has 2 heterocycles. The number of nitrogens with zero attached hydrogens (tertiary/aromatic N) is 1. The summed E-state index contributed by atoms with van der Waals surface area (Å²) in [7, 11) is 0. The molecule has 0 spiro atoms. The number of nitrogens with one attached hydrogen (secondary N) is 1. The van der Waals surface area contributed by atoms with Crippen LogP contribution in [0.2, 0.25) is 0 Å². The van der Waals surface area contributed by atoms with Crippen molar-refractivity contribution in [1.82, 2.24) is 10.2 Å². The predicted molar refractivity (Wildman–Crippen MR) is 75.9 cm³/mol. The molecule has 2 saturated heterocycles. The number of hydrogen-bond acceptors (Lipinski definition) is 3. The van der Waals surface area contributed by atoms with E-state index in [1.807, 2.05) is 0 Å². The lowest BCUT2D eigenvalue weighted by atomic mass is 9.82. The van der Waals surface area contributed by atoms with Gasteiger partial charge in [0.25, 0.3) is 0 Å². The third kappa shape index (κ3) is 2.89. The van der Waals surface area contributed by atoms with Crippen molar-refractivity contribution in [2.24, 2.45) is 5.41 Å². The van der Waals surface area contributed by atoms with Crippen molar-refractivity contribution in [2.45, 2.75) is 65.1 Å². The van der Waals surface area contributed by atoms with Gasteiger partial charge in [-0.2, -0.15) is 0 Å². The first kappa shape index (κ1) is 14.3. The van der Waals surface area contributed by atoms with Crippen LogP contribution in [-0.4, -0.2) is 48.8 Å². The summed E-state index contributed by atoms with van der Waals surface area (Å²) in [6, 6.07) is 1.18. The summed E-state index contributed by atoms with van der Waals surface area (Å²) in [6.07, 6.45) is 2.47. The van der Waals surface area contributed by atoms with Crippen molar-refractivity contribution in [2.75, 3.05) is 26.3 Å². The maximum atomic E-state index is 5.75. The third-order valence-corrected chi connectivity index (χ3v) is 4.73. The van der Waals surface area contributed by atoms with E-state index in [0.717, 1.165) is 26.3 Å². The predicted octanol–water partition coefficient (Wildman–Crippen LogP) is 2.26. The van der Waals surface area contributed by atoms with Crippen molar-refractivity contribution in [3.8, 4) is 0 Å². The molecule has 1 N–H and O–H groups in total. The van der Waals surface area contributed by atoms with Crippen LogP contribution >= 0.6 is 0 Å². The average molecular weight is 254 g/mol. The lowest BCUT2D eigenvalue weighted by Crippen LogP contribution is -2.66. The van der Waals surface area contributed by atoms with Crippen LogP contribution in [0.25, 0.3) is 0 Å². The van der Waals surface area contributed by atoms with Gasteiger partial charge in [0.1, 0.15) is 0 Å². The average Bonchev–Trinajstić information content (AvgIpc) is 2.28. The van der Waals surface area contributed by atoms with Gasteiger partial charge in [-0.05, 0) is 32.1 Å². The lowest BCUT2D eigenvalue weighted by molar-refractivity contribution is -0.0750. The van der Waals surface area contributed by atoms with E-state index < -0.39 is 0 Å². The van der Waals surface area contributed by atoms with Crippen LogP contribution in [0.4, 0.5) is 0 Å². The highest BCUT2D eigenvalue weighted by Gasteiger charge is 2.42. The molecular formula is C15H30N2O. The van der Waals surface area contributed by atoms with Crippen LogP contribution in [0.5, 0.6) is 0 Å². The Bertz CT molecular complexity index is 279. The van der Waals surface area contributed by atoms with Crippen LogP contribution in [0.3, 0.4) is 0 Å². The summed E-state index contributed by atoms with van der Waals surface area (Å²) >= 11 is 0. The third-order valence-electron chi connectivity index (χ3n) is 4.73. The molecule has 2 aliphatic rings. The Hall–Kier alpha value is -0.120. The monoisotopic (exact) mass is 254 g/mol. The molecule has 0 amide bonds. The molecule has 3 nitrogen and oxygen atoms in total. The topological polar surface area (TPSA) is 24.5 Å². The summed E-state index contributed by atoms with van der Waals surface area (Å²) in [4.78, 5) is 2.69. The van der Waals surface area contributed by atoms with Gasteiger partial charge in [-0.3, -0.25) is 4.90 Å².